The van der Waals surface area contributed by atoms with E-state index in [4.69, 9.17) is 21.6 Å². The quantitative estimate of drug-likeness (QED) is 0.410. The Morgan fingerprint density at radius 1 is 1.39 bits per heavy atom. The molecule has 0 aliphatic rings. The molecule has 1 aromatic carbocycles. The van der Waals surface area contributed by atoms with E-state index in [0.29, 0.717) is 23.8 Å². The van der Waals surface area contributed by atoms with Crippen molar-refractivity contribution in [1.82, 2.24) is 9.78 Å². The molecule has 2 aromatic rings. The number of carbonyl (C=O) groups excluding carboxylic acids is 2. The number of hydrogen-bond donors (Lipinski definition) is 1. The van der Waals surface area contributed by atoms with Crippen molar-refractivity contribution in [2.75, 3.05) is 11.9 Å². The third-order valence-corrected chi connectivity index (χ3v) is 4.74. The maximum Gasteiger partial charge on any atom is 0.343 e. The number of aryl methyl sites for hydroxylation is 2. The lowest BCUT2D eigenvalue weighted by Gasteiger charge is -2.10. The van der Waals surface area contributed by atoms with E-state index >= 15 is 0 Å². The van der Waals surface area contributed by atoms with Crippen LogP contribution in [-0.4, -0.2) is 28.3 Å². The van der Waals surface area contributed by atoms with E-state index in [1.807, 2.05) is 26.2 Å². The van der Waals surface area contributed by atoms with Gasteiger partial charge in [-0.3, -0.25) is 9.48 Å². The van der Waals surface area contributed by atoms with Crippen LogP contribution in [-0.2, 0) is 16.1 Å². The highest BCUT2D eigenvalue weighted by Crippen LogP contribution is 2.24. The van der Waals surface area contributed by atoms with Gasteiger partial charge < -0.3 is 10.1 Å². The van der Waals surface area contributed by atoms with Crippen LogP contribution in [0.15, 0.2) is 23.1 Å². The van der Waals surface area contributed by atoms with Crippen molar-refractivity contribution in [3.05, 3.63) is 40.2 Å². The summed E-state index contributed by atoms with van der Waals surface area (Å²) in [5.74, 6) is -0.849. The van der Waals surface area contributed by atoms with Crippen LogP contribution >= 0.6 is 23.4 Å². The summed E-state index contributed by atoms with van der Waals surface area (Å²) in [6, 6.07) is 5.22. The third kappa shape index (κ3) is 5.50. The van der Waals surface area contributed by atoms with Crippen molar-refractivity contribution in [2.24, 2.45) is 5.92 Å². The van der Waals surface area contributed by atoms with Gasteiger partial charge in [0, 0.05) is 17.1 Å². The Balaban J connectivity index is 1.99. The number of esters is 1. The minimum Gasteiger partial charge on any atom is -0.452 e. The van der Waals surface area contributed by atoms with Crippen LogP contribution in [0.25, 0.3) is 0 Å². The van der Waals surface area contributed by atoms with Gasteiger partial charge in [-0.15, -0.1) is 0 Å². The fraction of sp³-hybridized carbons (Fsp3) is 0.368. The van der Waals surface area contributed by atoms with Gasteiger partial charge in [0.2, 0.25) is 0 Å². The van der Waals surface area contributed by atoms with Crippen molar-refractivity contribution >= 4 is 40.9 Å². The Hall–Kier alpha value is -2.50. The highest BCUT2D eigenvalue weighted by Gasteiger charge is 2.22. The average molecular weight is 421 g/mol. The molecule has 0 spiro atoms. The lowest BCUT2D eigenvalue weighted by molar-refractivity contribution is -0.119. The van der Waals surface area contributed by atoms with Crippen molar-refractivity contribution < 1.29 is 14.3 Å². The highest BCUT2D eigenvalue weighted by molar-refractivity contribution is 8.03. The standard InChI is InChI=1S/C19H21ClN4O3S/c1-11(2)8-24-18(20)17(13(4)23-24)19(26)27-9-16(25)22-15-6-5-14(28-10-21)7-12(15)3/h5-7,11H,8-9H2,1-4H3,(H,22,25). The van der Waals surface area contributed by atoms with Crippen LogP contribution in [0.2, 0.25) is 5.15 Å². The second kappa shape index (κ2) is 9.62. The molecular weight excluding hydrogens is 400 g/mol. The summed E-state index contributed by atoms with van der Waals surface area (Å²) in [5, 5.41) is 17.8. The number of nitrogens with zero attached hydrogens (tertiary/aromatic N) is 3. The number of nitriles is 1. The van der Waals surface area contributed by atoms with Gasteiger partial charge in [0.25, 0.3) is 5.91 Å². The maximum absolute atomic E-state index is 12.4. The molecule has 0 aliphatic carbocycles. The molecule has 0 radical (unpaired) electrons. The second-order valence-electron chi connectivity index (χ2n) is 6.62. The fourth-order valence-electron chi connectivity index (χ4n) is 2.53. The summed E-state index contributed by atoms with van der Waals surface area (Å²) in [5.41, 5.74) is 2.01. The normalized spacial score (nSPS) is 10.6. The number of thiocyanates is 1. The Labute approximate surface area is 173 Å². The van der Waals surface area contributed by atoms with Crippen LogP contribution in [0.4, 0.5) is 5.69 Å². The summed E-state index contributed by atoms with van der Waals surface area (Å²) in [7, 11) is 0. The molecule has 7 nitrogen and oxygen atoms in total. The molecule has 1 amide bonds. The predicted octanol–water partition coefficient (Wildman–Crippen LogP) is 4.18. The van der Waals surface area contributed by atoms with E-state index in [9.17, 15) is 9.59 Å². The Morgan fingerprint density at radius 3 is 2.71 bits per heavy atom. The number of halogens is 1. The molecule has 1 heterocycles. The average Bonchev–Trinajstić information content (AvgIpc) is 2.88. The summed E-state index contributed by atoms with van der Waals surface area (Å²) in [6.07, 6.45) is 0. The number of benzene rings is 1. The molecule has 0 bridgehead atoms. The maximum atomic E-state index is 12.4. The molecule has 28 heavy (non-hydrogen) atoms. The predicted molar refractivity (Wildman–Crippen MR) is 108 cm³/mol. The SMILES string of the molecule is Cc1cc(SC#N)ccc1NC(=O)COC(=O)c1c(C)nn(CC(C)C)c1Cl. The van der Waals surface area contributed by atoms with E-state index < -0.39 is 18.5 Å². The number of nitrogens with one attached hydrogen (secondary N) is 1. The third-order valence-electron chi connectivity index (χ3n) is 3.78. The van der Waals surface area contributed by atoms with E-state index in [0.717, 1.165) is 22.2 Å². The lowest BCUT2D eigenvalue weighted by atomic mass is 10.2. The van der Waals surface area contributed by atoms with E-state index in [2.05, 4.69) is 10.4 Å². The number of ether oxygens (including phenoxy) is 1. The van der Waals surface area contributed by atoms with Crippen LogP contribution in [0.1, 0.15) is 35.5 Å². The fourth-order valence-corrected chi connectivity index (χ4v) is 3.33. The number of aromatic nitrogens is 2. The second-order valence-corrected chi connectivity index (χ2v) is 7.84. The first kappa shape index (κ1) is 21.8. The topological polar surface area (TPSA) is 97.0 Å². The van der Waals surface area contributed by atoms with Crippen LogP contribution in [0.3, 0.4) is 0 Å². The van der Waals surface area contributed by atoms with Gasteiger partial charge in [-0.05, 0) is 55.3 Å². The van der Waals surface area contributed by atoms with Gasteiger partial charge in [-0.1, -0.05) is 25.4 Å². The number of amides is 1. The summed E-state index contributed by atoms with van der Waals surface area (Å²) < 4.78 is 6.67. The van der Waals surface area contributed by atoms with Crippen molar-refractivity contribution in [3.8, 4) is 5.40 Å². The van der Waals surface area contributed by atoms with Crippen LogP contribution < -0.4 is 5.32 Å². The zero-order valence-corrected chi connectivity index (χ0v) is 17.6. The molecule has 1 aromatic heterocycles. The lowest BCUT2D eigenvalue weighted by Crippen LogP contribution is -2.21. The van der Waals surface area contributed by atoms with Gasteiger partial charge >= 0.3 is 5.97 Å². The number of rotatable bonds is 7. The van der Waals surface area contributed by atoms with Gasteiger partial charge in [-0.2, -0.15) is 10.4 Å². The summed E-state index contributed by atoms with van der Waals surface area (Å²) in [4.78, 5) is 25.3. The van der Waals surface area contributed by atoms with Crippen LogP contribution in [0.5, 0.6) is 0 Å². The number of anilines is 1. The Kier molecular flexibility index (Phi) is 7.49. The smallest absolute Gasteiger partial charge is 0.343 e. The zero-order valence-electron chi connectivity index (χ0n) is 16.1. The van der Waals surface area contributed by atoms with E-state index in [1.165, 1.54) is 0 Å². The van der Waals surface area contributed by atoms with Gasteiger partial charge in [-0.25, -0.2) is 4.79 Å². The Morgan fingerprint density at radius 2 is 2.11 bits per heavy atom. The molecule has 0 atom stereocenters. The summed E-state index contributed by atoms with van der Waals surface area (Å²) >= 11 is 7.29. The van der Waals surface area contributed by atoms with Crippen LogP contribution in [0, 0.1) is 30.4 Å². The first-order chi connectivity index (χ1) is 13.2. The van der Waals surface area contributed by atoms with E-state index in [1.54, 1.807) is 29.8 Å². The molecule has 148 valence electrons. The molecule has 0 aliphatic heterocycles. The summed E-state index contributed by atoms with van der Waals surface area (Å²) in [6.45, 7) is 7.65. The molecule has 9 heteroatoms. The molecule has 2 rings (SSSR count). The highest BCUT2D eigenvalue weighted by atomic mass is 35.5. The molecule has 0 saturated heterocycles. The zero-order chi connectivity index (χ0) is 20.8. The molecule has 0 unspecified atom stereocenters. The largest absolute Gasteiger partial charge is 0.452 e. The number of carbonyl (C=O) groups is 2. The van der Waals surface area contributed by atoms with Crippen molar-refractivity contribution in [1.29, 1.82) is 5.26 Å². The molecular formula is C19H21ClN4O3S. The van der Waals surface area contributed by atoms with Gasteiger partial charge in [0.15, 0.2) is 6.61 Å². The monoisotopic (exact) mass is 420 g/mol. The molecule has 1 N–H and O–H groups in total. The minimum atomic E-state index is -0.690. The number of hydrogen-bond acceptors (Lipinski definition) is 6. The van der Waals surface area contributed by atoms with Crippen molar-refractivity contribution in [2.45, 2.75) is 39.1 Å². The first-order valence-corrected chi connectivity index (χ1v) is 9.78. The first-order valence-electron chi connectivity index (χ1n) is 8.59. The van der Waals surface area contributed by atoms with Gasteiger partial charge in [0.05, 0.1) is 5.69 Å². The molecule has 0 fully saturated rings. The van der Waals surface area contributed by atoms with E-state index in [-0.39, 0.29) is 10.7 Å². The number of thioether (sulfide) groups is 1. The molecule has 0 saturated carbocycles. The van der Waals surface area contributed by atoms with Gasteiger partial charge in [0.1, 0.15) is 16.1 Å². The minimum absolute atomic E-state index is 0.171. The Bertz CT molecular complexity index is 934. The van der Waals surface area contributed by atoms with Crippen molar-refractivity contribution in [3.63, 3.8) is 0 Å².